The highest BCUT2D eigenvalue weighted by Gasteiger charge is 2.58. The maximum Gasteiger partial charge on any atom is 0.332 e. The summed E-state index contributed by atoms with van der Waals surface area (Å²) in [4.78, 5) is 11.0. The Morgan fingerprint density at radius 3 is 2.52 bits per heavy atom. The Kier molecular flexibility index (Phi) is 5.17. The van der Waals surface area contributed by atoms with E-state index in [1.165, 1.54) is 37.0 Å². The van der Waals surface area contributed by atoms with Gasteiger partial charge in [-0.25, -0.2) is 10.2 Å². The second-order valence-electron chi connectivity index (χ2n) is 9.61. The van der Waals surface area contributed by atoms with E-state index in [1.54, 1.807) is 0 Å². The van der Waals surface area contributed by atoms with Crippen molar-refractivity contribution in [2.24, 2.45) is 50.3 Å². The smallest absolute Gasteiger partial charge is 0.332 e. The van der Waals surface area contributed by atoms with E-state index in [2.05, 4.69) is 41.0 Å². The van der Waals surface area contributed by atoms with Crippen LogP contribution in [0.25, 0.3) is 0 Å². The van der Waals surface area contributed by atoms with Gasteiger partial charge in [-0.3, -0.25) is 5.43 Å². The minimum atomic E-state index is -0.608. The third-order valence-corrected chi connectivity index (χ3v) is 8.42. The maximum absolute atomic E-state index is 11.0. The van der Waals surface area contributed by atoms with E-state index in [4.69, 9.17) is 23.7 Å². The van der Waals surface area contributed by atoms with Crippen LogP contribution in [0.3, 0.4) is 0 Å². The average Bonchev–Trinajstić information content (AvgIpc) is 3.01. The molecule has 0 radical (unpaired) electrons. The van der Waals surface area contributed by atoms with E-state index in [0.29, 0.717) is 11.8 Å². The fraction of sp³-hybridized carbons (Fsp3) is 0.714. The van der Waals surface area contributed by atoms with Gasteiger partial charge in [0.05, 0.1) is 5.71 Å². The lowest BCUT2D eigenvalue weighted by Crippen LogP contribution is -2.50. The van der Waals surface area contributed by atoms with Gasteiger partial charge < -0.3 is 11.5 Å². The molecule has 8 heteroatoms. The fourth-order valence-corrected chi connectivity index (χ4v) is 6.93. The zero-order chi connectivity index (χ0) is 20.8. The first kappa shape index (κ1) is 20.3. The van der Waals surface area contributed by atoms with Crippen molar-refractivity contribution in [2.75, 3.05) is 0 Å². The molecule has 0 bridgehead atoms. The summed E-state index contributed by atoms with van der Waals surface area (Å²) in [5.41, 5.74) is 20.0. The number of urea groups is 1. The highest BCUT2D eigenvalue weighted by molar-refractivity contribution is 7.80. The maximum atomic E-state index is 11.0. The molecule has 0 aliphatic heterocycles. The molecule has 29 heavy (non-hydrogen) atoms. The third kappa shape index (κ3) is 3.45. The number of nitrogens with one attached hydrogen (secondary N) is 2. The molecule has 0 aromatic carbocycles. The lowest BCUT2D eigenvalue weighted by Gasteiger charge is -2.57. The Labute approximate surface area is 177 Å². The van der Waals surface area contributed by atoms with Crippen molar-refractivity contribution in [3.05, 3.63) is 11.6 Å². The number of nitrogens with zero attached hydrogens (tertiary/aromatic N) is 2. The van der Waals surface area contributed by atoms with Crippen LogP contribution in [0.15, 0.2) is 21.9 Å². The first-order valence-corrected chi connectivity index (χ1v) is 11.1. The molecule has 0 spiro atoms. The van der Waals surface area contributed by atoms with Gasteiger partial charge in [-0.05, 0) is 92.8 Å². The van der Waals surface area contributed by atoms with E-state index >= 15 is 0 Å². The summed E-state index contributed by atoms with van der Waals surface area (Å²) in [5.74, 6) is 2.11. The topological polar surface area (TPSA) is 118 Å². The predicted octanol–water partition coefficient (Wildman–Crippen LogP) is 3.16. The van der Waals surface area contributed by atoms with Crippen LogP contribution in [-0.4, -0.2) is 22.6 Å². The number of nitrogens with two attached hydrogens (primary N) is 2. The Hall–Kier alpha value is -1.96. The van der Waals surface area contributed by atoms with E-state index in [9.17, 15) is 4.79 Å². The largest absolute Gasteiger partial charge is 0.375 e. The van der Waals surface area contributed by atoms with Gasteiger partial charge in [-0.1, -0.05) is 19.4 Å². The highest BCUT2D eigenvalue weighted by atomic mass is 32.1. The zero-order valence-electron chi connectivity index (χ0n) is 17.3. The first-order chi connectivity index (χ1) is 13.7. The quantitative estimate of drug-likeness (QED) is 0.408. The summed E-state index contributed by atoms with van der Waals surface area (Å²) in [6, 6.07) is -0.608. The number of fused-ring (bicyclic) bond motifs is 5. The molecule has 3 unspecified atom stereocenters. The van der Waals surface area contributed by atoms with Crippen LogP contribution >= 0.6 is 12.2 Å². The van der Waals surface area contributed by atoms with Crippen LogP contribution in [-0.2, 0) is 0 Å². The monoisotopic (exact) mass is 416 g/mol. The fourth-order valence-electron chi connectivity index (χ4n) is 6.88. The standard InChI is InChI=1S/C21H32N6OS/c1-20-9-7-13(24-26-18(22)28)11-12(20)3-4-14-15-5-6-17(25-27-19(23)29)21(15,2)10-8-16(14)20/h11,14-16H,3-10H2,1-2H3,(H3,22,26,28)(H3,23,27,29)/b24-13-,25-17-/t14?,15?,16?,20-,21-/m0/s1. The summed E-state index contributed by atoms with van der Waals surface area (Å²) in [6.07, 6.45) is 11.2. The number of carbonyl (C=O) groups is 1. The van der Waals surface area contributed by atoms with E-state index in [0.717, 1.165) is 37.3 Å². The molecule has 0 saturated heterocycles. The van der Waals surface area contributed by atoms with Gasteiger partial charge in [0, 0.05) is 11.1 Å². The van der Waals surface area contributed by atoms with Crippen LogP contribution in [0.4, 0.5) is 4.79 Å². The molecule has 4 aliphatic carbocycles. The van der Waals surface area contributed by atoms with Gasteiger partial charge in [0.1, 0.15) is 0 Å². The Balaban J connectivity index is 1.57. The van der Waals surface area contributed by atoms with E-state index in [1.807, 2.05) is 0 Å². The van der Waals surface area contributed by atoms with Gasteiger partial charge in [0.25, 0.3) is 0 Å². The van der Waals surface area contributed by atoms with Crippen molar-refractivity contribution in [2.45, 2.75) is 65.2 Å². The van der Waals surface area contributed by atoms with Gasteiger partial charge in [-0.15, -0.1) is 0 Å². The van der Waals surface area contributed by atoms with Crippen molar-refractivity contribution in [3.8, 4) is 0 Å². The summed E-state index contributed by atoms with van der Waals surface area (Å²) in [5, 5.41) is 9.02. The van der Waals surface area contributed by atoms with Crippen molar-refractivity contribution in [3.63, 3.8) is 0 Å². The lowest BCUT2D eigenvalue weighted by atomic mass is 9.47. The number of hydrogen-bond donors (Lipinski definition) is 4. The summed E-state index contributed by atoms with van der Waals surface area (Å²) in [7, 11) is 0. The molecule has 0 aromatic heterocycles. The van der Waals surface area contributed by atoms with Crippen molar-refractivity contribution >= 4 is 34.8 Å². The van der Waals surface area contributed by atoms with E-state index < -0.39 is 6.03 Å². The van der Waals surface area contributed by atoms with Crippen molar-refractivity contribution in [1.82, 2.24) is 10.9 Å². The minimum Gasteiger partial charge on any atom is -0.375 e. The van der Waals surface area contributed by atoms with Crippen LogP contribution in [0.5, 0.6) is 0 Å². The lowest BCUT2D eigenvalue weighted by molar-refractivity contribution is -0.0155. The van der Waals surface area contributed by atoms with Crippen LogP contribution < -0.4 is 22.3 Å². The summed E-state index contributed by atoms with van der Waals surface area (Å²) < 4.78 is 0. The Morgan fingerprint density at radius 1 is 1.03 bits per heavy atom. The van der Waals surface area contributed by atoms with Crippen LogP contribution in [0.1, 0.15) is 65.2 Å². The average molecular weight is 417 g/mol. The minimum absolute atomic E-state index is 0.156. The number of primary amides is 1. The molecule has 0 heterocycles. The van der Waals surface area contributed by atoms with Crippen molar-refractivity contribution in [1.29, 1.82) is 0 Å². The molecule has 3 saturated carbocycles. The number of amides is 2. The van der Waals surface area contributed by atoms with E-state index in [-0.39, 0.29) is 15.9 Å². The zero-order valence-corrected chi connectivity index (χ0v) is 18.1. The number of rotatable bonds is 2. The van der Waals surface area contributed by atoms with Gasteiger partial charge in [-0.2, -0.15) is 10.2 Å². The number of carbonyl (C=O) groups excluding carboxylic acids is 1. The molecular formula is C21H32N6OS. The SMILES string of the molecule is C[C@]12CC/C(=N/NC(N)=O)C=C1CCC1C2CC[C@]2(C)/C(=N\NC(N)=S)CCC12. The van der Waals surface area contributed by atoms with Gasteiger partial charge >= 0.3 is 6.03 Å². The molecule has 5 atom stereocenters. The predicted molar refractivity (Wildman–Crippen MR) is 119 cm³/mol. The summed E-state index contributed by atoms with van der Waals surface area (Å²) >= 11 is 4.94. The Morgan fingerprint density at radius 2 is 1.79 bits per heavy atom. The number of hydrazone groups is 2. The molecular weight excluding hydrogens is 384 g/mol. The summed E-state index contributed by atoms with van der Waals surface area (Å²) in [6.45, 7) is 4.85. The highest BCUT2D eigenvalue weighted by Crippen LogP contribution is 2.64. The molecule has 2 amide bonds. The molecule has 4 rings (SSSR count). The molecule has 7 nitrogen and oxygen atoms in total. The van der Waals surface area contributed by atoms with Gasteiger partial charge in [0.15, 0.2) is 5.11 Å². The number of hydrogen-bond acceptors (Lipinski definition) is 4. The third-order valence-electron chi connectivity index (χ3n) is 8.33. The van der Waals surface area contributed by atoms with Crippen molar-refractivity contribution < 1.29 is 4.79 Å². The first-order valence-electron chi connectivity index (χ1n) is 10.7. The second-order valence-corrected chi connectivity index (χ2v) is 10.1. The van der Waals surface area contributed by atoms with Crippen LogP contribution in [0, 0.1) is 28.6 Å². The second kappa shape index (κ2) is 7.38. The molecule has 3 fully saturated rings. The molecule has 4 aliphatic rings. The molecule has 6 N–H and O–H groups in total. The van der Waals surface area contributed by atoms with Crippen LogP contribution in [0.2, 0.25) is 0 Å². The van der Waals surface area contributed by atoms with Gasteiger partial charge in [0.2, 0.25) is 0 Å². The number of thiocarbonyl (C=S) groups is 1. The molecule has 0 aromatic rings. The number of allylic oxidation sites excluding steroid dienone is 2. The normalized spacial score (nSPS) is 41.2. The molecule has 158 valence electrons. The Bertz CT molecular complexity index is 820.